The van der Waals surface area contributed by atoms with Crippen molar-refractivity contribution in [2.75, 3.05) is 0 Å². The maximum absolute atomic E-state index is 11.2. The lowest BCUT2D eigenvalue weighted by Gasteiger charge is -2.02. The third kappa shape index (κ3) is 2.45. The Morgan fingerprint density at radius 3 is 3.11 bits per heavy atom. The molecule has 3 aromatic rings. The number of imidazole rings is 1. The average molecular weight is 274 g/mol. The minimum atomic E-state index is -0.525. The second-order valence-corrected chi connectivity index (χ2v) is 4.89. The molecule has 3 aromatic heterocycles. The Kier molecular flexibility index (Phi) is 2.96. The van der Waals surface area contributed by atoms with Crippen molar-refractivity contribution in [3.05, 3.63) is 52.8 Å². The number of aromatic amines is 1. The van der Waals surface area contributed by atoms with Gasteiger partial charge in [-0.1, -0.05) is 17.8 Å². The first-order valence-corrected chi connectivity index (χ1v) is 6.53. The van der Waals surface area contributed by atoms with Gasteiger partial charge in [0.05, 0.1) is 6.20 Å². The zero-order valence-corrected chi connectivity index (χ0v) is 10.6. The van der Waals surface area contributed by atoms with E-state index in [0.717, 1.165) is 17.4 Å². The molecule has 0 atom stereocenters. The molecule has 3 heterocycles. The highest BCUT2D eigenvalue weighted by molar-refractivity contribution is 7.98. The van der Waals surface area contributed by atoms with Crippen LogP contribution < -0.4 is 5.56 Å². The molecule has 0 saturated heterocycles. The molecule has 0 unspecified atom stereocenters. The molecule has 0 aliphatic rings. The molecule has 7 heteroatoms. The van der Waals surface area contributed by atoms with Crippen molar-refractivity contribution in [3.63, 3.8) is 0 Å². The number of H-pyrrole nitrogens is 1. The molecule has 96 valence electrons. The van der Waals surface area contributed by atoms with Crippen LogP contribution in [0.15, 0.2) is 46.9 Å². The normalized spacial score (nSPS) is 10.9. The van der Waals surface area contributed by atoms with Crippen molar-refractivity contribution < 1.29 is 5.11 Å². The number of hydrogen-bond donors (Lipinski definition) is 2. The summed E-state index contributed by atoms with van der Waals surface area (Å²) in [6.07, 6.45) is 6.75. The van der Waals surface area contributed by atoms with Crippen LogP contribution in [0.5, 0.6) is 5.75 Å². The smallest absolute Gasteiger partial charge is 0.293 e. The molecule has 2 N–H and O–H groups in total. The van der Waals surface area contributed by atoms with Crippen molar-refractivity contribution in [2.45, 2.75) is 10.9 Å². The number of aromatic nitrogens is 4. The third-order valence-corrected chi connectivity index (χ3v) is 3.54. The fourth-order valence-electron chi connectivity index (χ4n) is 1.65. The van der Waals surface area contributed by atoms with Crippen LogP contribution in [0, 0.1) is 0 Å². The van der Waals surface area contributed by atoms with E-state index in [1.807, 2.05) is 28.9 Å². The summed E-state index contributed by atoms with van der Waals surface area (Å²) in [6.45, 7) is 0. The summed E-state index contributed by atoms with van der Waals surface area (Å²) in [7, 11) is 0. The van der Waals surface area contributed by atoms with Crippen molar-refractivity contribution in [3.8, 4) is 5.75 Å². The molecule has 0 bridgehead atoms. The van der Waals surface area contributed by atoms with Gasteiger partial charge in [-0.2, -0.15) is 0 Å². The molecule has 0 radical (unpaired) electrons. The highest BCUT2D eigenvalue weighted by Gasteiger charge is 2.03. The first-order chi connectivity index (χ1) is 9.22. The SMILES string of the molecule is O=c1[nH]c(SCc2ccc3nccn3c2)ncc1O. The Labute approximate surface area is 112 Å². The number of rotatable bonds is 3. The molecule has 6 nitrogen and oxygen atoms in total. The van der Waals surface area contributed by atoms with Crippen LogP contribution in [0.3, 0.4) is 0 Å². The van der Waals surface area contributed by atoms with E-state index in [-0.39, 0.29) is 5.75 Å². The Morgan fingerprint density at radius 1 is 1.37 bits per heavy atom. The maximum atomic E-state index is 11.2. The topological polar surface area (TPSA) is 83.3 Å². The lowest BCUT2D eigenvalue weighted by molar-refractivity contribution is 0.460. The number of aromatic hydroxyl groups is 1. The van der Waals surface area contributed by atoms with Crippen LogP contribution in [0.25, 0.3) is 5.65 Å². The average Bonchev–Trinajstić information content (AvgIpc) is 2.87. The number of nitrogens with zero attached hydrogens (tertiary/aromatic N) is 3. The van der Waals surface area contributed by atoms with Gasteiger partial charge in [-0.15, -0.1) is 0 Å². The van der Waals surface area contributed by atoms with Crippen LogP contribution in [0.2, 0.25) is 0 Å². The summed E-state index contributed by atoms with van der Waals surface area (Å²) in [5, 5.41) is 9.58. The van der Waals surface area contributed by atoms with E-state index in [1.165, 1.54) is 11.8 Å². The van der Waals surface area contributed by atoms with Gasteiger partial charge in [-0.25, -0.2) is 9.97 Å². The largest absolute Gasteiger partial charge is 0.502 e. The Bertz CT molecular complexity index is 780. The van der Waals surface area contributed by atoms with E-state index in [0.29, 0.717) is 10.9 Å². The molecule has 0 saturated carbocycles. The Balaban J connectivity index is 1.77. The van der Waals surface area contributed by atoms with E-state index >= 15 is 0 Å². The highest BCUT2D eigenvalue weighted by atomic mass is 32.2. The molecule has 19 heavy (non-hydrogen) atoms. The molecular formula is C12H10N4O2S. The molecule has 0 fully saturated rings. The lowest BCUT2D eigenvalue weighted by atomic mass is 10.3. The summed E-state index contributed by atoms with van der Waals surface area (Å²) in [4.78, 5) is 21.8. The molecule has 0 aliphatic heterocycles. The number of fused-ring (bicyclic) bond motifs is 1. The standard InChI is InChI=1S/C12H10N4O2S/c17-9-5-14-12(15-11(9)18)19-7-8-1-2-10-13-3-4-16(10)6-8/h1-6,17H,7H2,(H,14,15,18). The lowest BCUT2D eigenvalue weighted by Crippen LogP contribution is -2.06. The van der Waals surface area contributed by atoms with E-state index in [1.54, 1.807) is 6.20 Å². The molecule has 0 amide bonds. The van der Waals surface area contributed by atoms with Gasteiger partial charge in [-0.05, 0) is 11.6 Å². The second kappa shape index (κ2) is 4.77. The predicted molar refractivity (Wildman–Crippen MR) is 71.3 cm³/mol. The highest BCUT2D eigenvalue weighted by Crippen LogP contribution is 2.18. The van der Waals surface area contributed by atoms with Gasteiger partial charge < -0.3 is 9.51 Å². The minimum Gasteiger partial charge on any atom is -0.502 e. The fraction of sp³-hybridized carbons (Fsp3) is 0.0833. The molecular weight excluding hydrogens is 264 g/mol. The quantitative estimate of drug-likeness (QED) is 0.557. The first kappa shape index (κ1) is 11.8. The monoisotopic (exact) mass is 274 g/mol. The van der Waals surface area contributed by atoms with E-state index < -0.39 is 5.56 Å². The summed E-state index contributed by atoms with van der Waals surface area (Å²) in [5.74, 6) is 0.297. The number of pyridine rings is 1. The van der Waals surface area contributed by atoms with Crippen molar-refractivity contribution in [1.29, 1.82) is 0 Å². The predicted octanol–water partition coefficient (Wildman–Crippen LogP) is 1.42. The van der Waals surface area contributed by atoms with E-state index in [2.05, 4.69) is 15.0 Å². The Hall–Kier alpha value is -2.28. The van der Waals surface area contributed by atoms with Crippen LogP contribution in [0.1, 0.15) is 5.56 Å². The number of nitrogens with one attached hydrogen (secondary N) is 1. The number of hydrogen-bond acceptors (Lipinski definition) is 5. The summed E-state index contributed by atoms with van der Waals surface area (Å²) >= 11 is 1.40. The van der Waals surface area contributed by atoms with Crippen molar-refractivity contribution >= 4 is 17.4 Å². The zero-order valence-electron chi connectivity index (χ0n) is 9.78. The van der Waals surface area contributed by atoms with Gasteiger partial charge in [0.25, 0.3) is 5.56 Å². The fourth-order valence-corrected chi connectivity index (χ4v) is 2.41. The number of thioether (sulfide) groups is 1. The van der Waals surface area contributed by atoms with Crippen molar-refractivity contribution in [1.82, 2.24) is 19.4 Å². The van der Waals surface area contributed by atoms with Crippen LogP contribution in [-0.4, -0.2) is 24.5 Å². The Morgan fingerprint density at radius 2 is 2.26 bits per heavy atom. The zero-order chi connectivity index (χ0) is 13.2. The first-order valence-electron chi connectivity index (χ1n) is 5.55. The molecule has 0 spiro atoms. The van der Waals surface area contributed by atoms with Crippen LogP contribution >= 0.6 is 11.8 Å². The maximum Gasteiger partial charge on any atom is 0.293 e. The van der Waals surface area contributed by atoms with Gasteiger partial charge in [0.2, 0.25) is 0 Å². The van der Waals surface area contributed by atoms with Crippen molar-refractivity contribution in [2.24, 2.45) is 0 Å². The molecule has 3 rings (SSSR count). The summed E-state index contributed by atoms with van der Waals surface area (Å²) in [5.41, 5.74) is 1.46. The minimum absolute atomic E-state index is 0.371. The van der Waals surface area contributed by atoms with Gasteiger partial charge in [-0.3, -0.25) is 9.78 Å². The van der Waals surface area contributed by atoms with E-state index in [9.17, 15) is 4.79 Å². The van der Waals surface area contributed by atoms with E-state index in [4.69, 9.17) is 5.11 Å². The molecule has 0 aliphatic carbocycles. The van der Waals surface area contributed by atoms with Gasteiger partial charge in [0, 0.05) is 24.3 Å². The second-order valence-electron chi connectivity index (χ2n) is 3.92. The third-order valence-electron chi connectivity index (χ3n) is 2.58. The van der Waals surface area contributed by atoms with Crippen LogP contribution in [0.4, 0.5) is 0 Å². The summed E-state index contributed by atoms with van der Waals surface area (Å²) in [6, 6.07) is 3.91. The van der Waals surface area contributed by atoms with Gasteiger partial charge >= 0.3 is 0 Å². The van der Waals surface area contributed by atoms with Crippen LogP contribution in [-0.2, 0) is 5.75 Å². The van der Waals surface area contributed by atoms with Gasteiger partial charge in [0.1, 0.15) is 5.65 Å². The van der Waals surface area contributed by atoms with Gasteiger partial charge in [0.15, 0.2) is 10.9 Å². The summed E-state index contributed by atoms with van der Waals surface area (Å²) < 4.78 is 1.93. The molecule has 0 aromatic carbocycles.